The molecular formula is C11H7BrN4S3. The number of H-pyrrole nitrogens is 1. The van der Waals surface area contributed by atoms with E-state index in [0.29, 0.717) is 4.77 Å². The van der Waals surface area contributed by atoms with Gasteiger partial charge in [0.15, 0.2) is 5.82 Å². The van der Waals surface area contributed by atoms with Crippen LogP contribution in [0.2, 0.25) is 0 Å². The van der Waals surface area contributed by atoms with Gasteiger partial charge in [-0.1, -0.05) is 6.07 Å². The SMILES string of the molecule is S=c1[nH]nc(-c2cccs2)n1/N=C/c1cc(Br)cs1. The van der Waals surface area contributed by atoms with Crippen molar-refractivity contribution >= 4 is 57.0 Å². The lowest BCUT2D eigenvalue weighted by Crippen LogP contribution is -1.92. The van der Waals surface area contributed by atoms with Crippen molar-refractivity contribution in [2.75, 3.05) is 0 Å². The van der Waals surface area contributed by atoms with Gasteiger partial charge in [0, 0.05) is 14.7 Å². The highest BCUT2D eigenvalue weighted by atomic mass is 79.9. The summed E-state index contributed by atoms with van der Waals surface area (Å²) in [4.78, 5) is 2.07. The maximum Gasteiger partial charge on any atom is 0.216 e. The van der Waals surface area contributed by atoms with Crippen LogP contribution in [0.15, 0.2) is 38.5 Å². The number of thiophene rings is 2. The highest BCUT2D eigenvalue weighted by Gasteiger charge is 2.08. The van der Waals surface area contributed by atoms with Crippen LogP contribution in [-0.4, -0.2) is 21.1 Å². The van der Waals surface area contributed by atoms with Crippen molar-refractivity contribution in [3.05, 3.63) is 43.1 Å². The lowest BCUT2D eigenvalue weighted by atomic mass is 10.4. The molecule has 19 heavy (non-hydrogen) atoms. The van der Waals surface area contributed by atoms with E-state index in [1.807, 2.05) is 29.0 Å². The van der Waals surface area contributed by atoms with Gasteiger partial charge in [-0.25, -0.2) is 5.10 Å². The van der Waals surface area contributed by atoms with Crippen LogP contribution in [0.1, 0.15) is 4.88 Å². The van der Waals surface area contributed by atoms with E-state index in [9.17, 15) is 0 Å². The summed E-state index contributed by atoms with van der Waals surface area (Å²) in [5, 5.41) is 15.4. The molecule has 0 amide bonds. The first kappa shape index (κ1) is 12.9. The van der Waals surface area contributed by atoms with E-state index in [0.717, 1.165) is 20.1 Å². The summed E-state index contributed by atoms with van der Waals surface area (Å²) in [5.74, 6) is 0.729. The normalized spacial score (nSPS) is 11.4. The Bertz CT molecular complexity index is 766. The topological polar surface area (TPSA) is 46.0 Å². The fourth-order valence-corrected chi connectivity index (χ4v) is 3.65. The summed E-state index contributed by atoms with van der Waals surface area (Å²) < 4.78 is 3.16. The quantitative estimate of drug-likeness (QED) is 0.549. The smallest absolute Gasteiger partial charge is 0.216 e. The van der Waals surface area contributed by atoms with E-state index >= 15 is 0 Å². The van der Waals surface area contributed by atoms with Gasteiger partial charge >= 0.3 is 0 Å². The summed E-state index contributed by atoms with van der Waals surface area (Å²) in [7, 11) is 0. The van der Waals surface area contributed by atoms with Gasteiger partial charge in [0.1, 0.15) is 0 Å². The Labute approximate surface area is 130 Å². The third-order valence-electron chi connectivity index (χ3n) is 2.28. The first-order valence-corrected chi connectivity index (χ1v) is 8.20. The molecule has 0 aliphatic carbocycles. The van der Waals surface area contributed by atoms with Crippen molar-refractivity contribution in [3.8, 4) is 10.7 Å². The Balaban J connectivity index is 1.99. The Morgan fingerprint density at radius 2 is 2.37 bits per heavy atom. The predicted molar refractivity (Wildman–Crippen MR) is 85.7 cm³/mol. The number of nitrogens with one attached hydrogen (secondary N) is 1. The van der Waals surface area contributed by atoms with Gasteiger partial charge in [0.25, 0.3) is 0 Å². The molecule has 0 aliphatic rings. The van der Waals surface area contributed by atoms with Gasteiger partial charge < -0.3 is 0 Å². The van der Waals surface area contributed by atoms with Gasteiger partial charge in [-0.15, -0.1) is 22.7 Å². The summed E-state index contributed by atoms with van der Waals surface area (Å²) in [6.07, 6.45) is 1.78. The Morgan fingerprint density at radius 1 is 1.47 bits per heavy atom. The maximum absolute atomic E-state index is 5.20. The summed E-state index contributed by atoms with van der Waals surface area (Å²) in [5.41, 5.74) is 0. The van der Waals surface area contributed by atoms with Crippen molar-refractivity contribution in [3.63, 3.8) is 0 Å². The van der Waals surface area contributed by atoms with Crippen LogP contribution in [0.3, 0.4) is 0 Å². The fourth-order valence-electron chi connectivity index (χ4n) is 1.47. The van der Waals surface area contributed by atoms with E-state index in [2.05, 4.69) is 31.2 Å². The zero-order chi connectivity index (χ0) is 13.2. The molecule has 8 heteroatoms. The van der Waals surface area contributed by atoms with Crippen LogP contribution in [0, 0.1) is 4.77 Å². The third kappa shape index (κ3) is 2.76. The molecule has 0 bridgehead atoms. The van der Waals surface area contributed by atoms with E-state index < -0.39 is 0 Å². The number of halogens is 1. The minimum Gasteiger partial charge on any atom is -0.250 e. The minimum absolute atomic E-state index is 0.482. The molecule has 0 aliphatic heterocycles. The number of rotatable bonds is 3. The molecule has 0 aromatic carbocycles. The van der Waals surface area contributed by atoms with Crippen LogP contribution < -0.4 is 0 Å². The van der Waals surface area contributed by atoms with Gasteiger partial charge in [0.2, 0.25) is 4.77 Å². The first-order valence-electron chi connectivity index (χ1n) is 5.24. The standard InChI is InChI=1S/C11H7BrN4S3/c12-7-4-8(19-6-7)5-13-16-10(14-15-11(16)17)9-2-1-3-18-9/h1-6H,(H,15,17)/b13-5+. The number of aromatic amines is 1. The molecule has 0 atom stereocenters. The van der Waals surface area contributed by atoms with E-state index in [1.54, 1.807) is 33.6 Å². The van der Waals surface area contributed by atoms with Gasteiger partial charge in [0.05, 0.1) is 11.1 Å². The van der Waals surface area contributed by atoms with Gasteiger partial charge in [-0.3, -0.25) is 0 Å². The second kappa shape index (κ2) is 5.49. The molecule has 3 aromatic heterocycles. The number of aromatic nitrogens is 3. The van der Waals surface area contributed by atoms with E-state index in [-0.39, 0.29) is 0 Å². The largest absolute Gasteiger partial charge is 0.250 e. The first-order chi connectivity index (χ1) is 9.24. The van der Waals surface area contributed by atoms with Crippen LogP contribution in [0.5, 0.6) is 0 Å². The predicted octanol–water partition coefficient (Wildman–Crippen LogP) is 4.38. The molecule has 96 valence electrons. The van der Waals surface area contributed by atoms with Crippen molar-refractivity contribution in [1.29, 1.82) is 0 Å². The molecule has 0 fully saturated rings. The second-order valence-corrected chi connectivity index (χ2v) is 6.75. The minimum atomic E-state index is 0.482. The zero-order valence-electron chi connectivity index (χ0n) is 9.41. The average Bonchev–Trinajstić information content (AvgIpc) is 3.08. The number of nitrogens with zero attached hydrogens (tertiary/aromatic N) is 3. The molecule has 0 saturated carbocycles. The highest BCUT2D eigenvalue weighted by molar-refractivity contribution is 9.10. The lowest BCUT2D eigenvalue weighted by Gasteiger charge is -1.96. The second-order valence-electron chi connectivity index (χ2n) is 3.55. The lowest BCUT2D eigenvalue weighted by molar-refractivity contribution is 0.874. The van der Waals surface area contributed by atoms with Gasteiger partial charge in [-0.05, 0) is 45.7 Å². The number of hydrogen-bond donors (Lipinski definition) is 1. The molecule has 3 aromatic rings. The molecule has 0 unspecified atom stereocenters. The monoisotopic (exact) mass is 370 g/mol. The van der Waals surface area contributed by atoms with Crippen LogP contribution >= 0.6 is 50.8 Å². The molecule has 1 N–H and O–H groups in total. The summed E-state index contributed by atoms with van der Waals surface area (Å²) in [6.45, 7) is 0. The van der Waals surface area contributed by atoms with Crippen LogP contribution in [-0.2, 0) is 0 Å². The molecule has 4 nitrogen and oxygen atoms in total. The van der Waals surface area contributed by atoms with Crippen molar-refractivity contribution in [2.45, 2.75) is 0 Å². The Morgan fingerprint density at radius 3 is 3.05 bits per heavy atom. The van der Waals surface area contributed by atoms with Gasteiger partial charge in [-0.2, -0.15) is 14.9 Å². The van der Waals surface area contributed by atoms with E-state index in [1.165, 1.54) is 0 Å². The molecule has 0 radical (unpaired) electrons. The molecule has 0 saturated heterocycles. The van der Waals surface area contributed by atoms with E-state index in [4.69, 9.17) is 12.2 Å². The van der Waals surface area contributed by atoms with Crippen LogP contribution in [0.4, 0.5) is 0 Å². The fraction of sp³-hybridized carbons (Fsp3) is 0. The molecule has 3 heterocycles. The van der Waals surface area contributed by atoms with Crippen molar-refractivity contribution in [2.24, 2.45) is 5.10 Å². The highest BCUT2D eigenvalue weighted by Crippen LogP contribution is 2.23. The molecular weight excluding hydrogens is 364 g/mol. The third-order valence-corrected chi connectivity index (χ3v) is 5.04. The Hall–Kier alpha value is -1.09. The number of hydrogen-bond acceptors (Lipinski definition) is 5. The summed E-state index contributed by atoms with van der Waals surface area (Å²) >= 11 is 11.8. The zero-order valence-corrected chi connectivity index (χ0v) is 13.4. The summed E-state index contributed by atoms with van der Waals surface area (Å²) in [6, 6.07) is 5.97. The maximum atomic E-state index is 5.20. The molecule has 3 rings (SSSR count). The van der Waals surface area contributed by atoms with Crippen LogP contribution in [0.25, 0.3) is 10.7 Å². The Kier molecular flexibility index (Phi) is 3.74. The van der Waals surface area contributed by atoms with Crippen molar-refractivity contribution in [1.82, 2.24) is 14.9 Å². The molecule has 0 spiro atoms. The van der Waals surface area contributed by atoms with Crippen molar-refractivity contribution < 1.29 is 0 Å². The average molecular weight is 371 g/mol.